The molecule has 17 heavy (non-hydrogen) atoms. The van der Waals surface area contributed by atoms with Gasteiger partial charge in [-0.25, -0.2) is 0 Å². The van der Waals surface area contributed by atoms with Gasteiger partial charge in [-0.1, -0.05) is 43.1 Å². The Balaban J connectivity index is 2.03. The molecule has 1 aliphatic rings. The summed E-state index contributed by atoms with van der Waals surface area (Å²) in [6, 6.07) is 5.85. The lowest BCUT2D eigenvalue weighted by atomic mass is 9.95. The van der Waals surface area contributed by atoms with Crippen LogP contribution in [0.3, 0.4) is 0 Å². The van der Waals surface area contributed by atoms with Gasteiger partial charge in [0.05, 0.1) is 0 Å². The normalized spacial score (nSPS) is 27.2. The highest BCUT2D eigenvalue weighted by molar-refractivity contribution is 6.35. The Kier molecular flexibility index (Phi) is 4.02. The quantitative estimate of drug-likeness (QED) is 0.789. The molecule has 0 spiro atoms. The molecule has 1 aliphatic carbocycles. The molecule has 0 bridgehead atoms. The van der Waals surface area contributed by atoms with Crippen molar-refractivity contribution in [1.82, 2.24) is 5.32 Å². The first-order valence-electron chi connectivity index (χ1n) is 6.24. The van der Waals surface area contributed by atoms with E-state index in [0.29, 0.717) is 10.9 Å². The van der Waals surface area contributed by atoms with E-state index in [9.17, 15) is 0 Å². The van der Waals surface area contributed by atoms with E-state index in [4.69, 9.17) is 23.2 Å². The Morgan fingerprint density at radius 1 is 1.41 bits per heavy atom. The predicted octanol–water partition coefficient (Wildman–Crippen LogP) is 4.27. The van der Waals surface area contributed by atoms with Gasteiger partial charge in [-0.2, -0.15) is 0 Å². The lowest BCUT2D eigenvalue weighted by Gasteiger charge is -2.14. The molecule has 0 saturated heterocycles. The minimum absolute atomic E-state index is 0.239. The Bertz CT molecular complexity index is 405. The van der Waals surface area contributed by atoms with E-state index in [1.165, 1.54) is 18.4 Å². The van der Waals surface area contributed by atoms with Crippen molar-refractivity contribution < 1.29 is 0 Å². The van der Waals surface area contributed by atoms with E-state index in [1.54, 1.807) is 0 Å². The molecular formula is C14H19Cl2N. The highest BCUT2D eigenvalue weighted by atomic mass is 35.5. The van der Waals surface area contributed by atoms with Gasteiger partial charge in [-0.05, 0) is 55.0 Å². The summed E-state index contributed by atoms with van der Waals surface area (Å²) >= 11 is 12.2. The van der Waals surface area contributed by atoms with E-state index in [-0.39, 0.29) is 5.41 Å². The van der Waals surface area contributed by atoms with Gasteiger partial charge in [0, 0.05) is 10.0 Å². The summed E-state index contributed by atoms with van der Waals surface area (Å²) in [4.78, 5) is 0. The zero-order valence-electron chi connectivity index (χ0n) is 10.4. The highest BCUT2D eigenvalue weighted by Gasteiger charge is 2.51. The average molecular weight is 272 g/mol. The van der Waals surface area contributed by atoms with Crippen LogP contribution >= 0.6 is 23.2 Å². The van der Waals surface area contributed by atoms with Gasteiger partial charge in [0.2, 0.25) is 0 Å². The molecule has 1 nitrogen and oxygen atoms in total. The predicted molar refractivity (Wildman–Crippen MR) is 75.1 cm³/mol. The average Bonchev–Trinajstić information content (AvgIpc) is 2.90. The summed E-state index contributed by atoms with van der Waals surface area (Å²) in [5, 5.41) is 5.00. The van der Waals surface area contributed by atoms with Crippen LogP contribution in [0.4, 0.5) is 0 Å². The molecule has 2 atom stereocenters. The van der Waals surface area contributed by atoms with E-state index < -0.39 is 0 Å². The third-order valence-corrected chi connectivity index (χ3v) is 4.32. The standard InChI is InChI=1S/C14H19Cl2N/c1-3-6-17-9-10-8-14(10,2)12-5-4-11(15)7-13(12)16/h4-5,7,10,17H,3,6,8-9H2,1-2H3. The third kappa shape index (κ3) is 2.78. The van der Waals surface area contributed by atoms with E-state index in [1.807, 2.05) is 12.1 Å². The van der Waals surface area contributed by atoms with E-state index >= 15 is 0 Å². The summed E-state index contributed by atoms with van der Waals surface area (Å²) in [5.41, 5.74) is 1.48. The molecule has 3 heteroatoms. The Labute approximate surface area is 114 Å². The molecule has 0 radical (unpaired) electrons. The van der Waals surface area contributed by atoms with Crippen molar-refractivity contribution in [3.8, 4) is 0 Å². The second-order valence-electron chi connectivity index (χ2n) is 5.15. The summed E-state index contributed by atoms with van der Waals surface area (Å²) in [6.45, 7) is 6.67. The van der Waals surface area contributed by atoms with Gasteiger partial charge in [0.15, 0.2) is 0 Å². The molecule has 1 aromatic rings. The Morgan fingerprint density at radius 3 is 2.82 bits per heavy atom. The fourth-order valence-corrected chi connectivity index (χ4v) is 3.11. The first-order chi connectivity index (χ1) is 8.08. The van der Waals surface area contributed by atoms with Crippen LogP contribution in [0.2, 0.25) is 10.0 Å². The zero-order chi connectivity index (χ0) is 12.5. The summed E-state index contributed by atoms with van der Waals surface area (Å²) < 4.78 is 0. The van der Waals surface area contributed by atoms with Crippen molar-refractivity contribution >= 4 is 23.2 Å². The molecular weight excluding hydrogens is 253 g/mol. The molecule has 2 unspecified atom stereocenters. The maximum atomic E-state index is 6.28. The van der Waals surface area contributed by atoms with Crippen LogP contribution < -0.4 is 5.32 Å². The second kappa shape index (κ2) is 5.17. The molecule has 0 aromatic heterocycles. The lowest BCUT2D eigenvalue weighted by Crippen LogP contribution is -2.21. The summed E-state index contributed by atoms with van der Waals surface area (Å²) in [6.07, 6.45) is 2.40. The van der Waals surface area contributed by atoms with Crippen LogP contribution in [-0.2, 0) is 5.41 Å². The van der Waals surface area contributed by atoms with Gasteiger partial charge in [-0.15, -0.1) is 0 Å². The van der Waals surface area contributed by atoms with Crippen LogP contribution in [0.1, 0.15) is 32.3 Å². The number of nitrogens with one attached hydrogen (secondary N) is 1. The summed E-state index contributed by atoms with van der Waals surface area (Å²) in [5.74, 6) is 0.702. The monoisotopic (exact) mass is 271 g/mol. The van der Waals surface area contributed by atoms with Gasteiger partial charge in [-0.3, -0.25) is 0 Å². The number of benzene rings is 1. The van der Waals surface area contributed by atoms with Crippen molar-refractivity contribution in [3.63, 3.8) is 0 Å². The highest BCUT2D eigenvalue weighted by Crippen LogP contribution is 2.55. The summed E-state index contributed by atoms with van der Waals surface area (Å²) in [7, 11) is 0. The van der Waals surface area contributed by atoms with Gasteiger partial charge in [0.1, 0.15) is 0 Å². The van der Waals surface area contributed by atoms with Crippen molar-refractivity contribution in [1.29, 1.82) is 0 Å². The molecule has 2 rings (SSSR count). The van der Waals surface area contributed by atoms with Crippen molar-refractivity contribution in [2.75, 3.05) is 13.1 Å². The second-order valence-corrected chi connectivity index (χ2v) is 5.99. The fraction of sp³-hybridized carbons (Fsp3) is 0.571. The maximum Gasteiger partial charge on any atom is 0.0458 e. The van der Waals surface area contributed by atoms with Gasteiger partial charge in [0.25, 0.3) is 0 Å². The molecule has 1 aromatic carbocycles. The van der Waals surface area contributed by atoms with Crippen LogP contribution in [-0.4, -0.2) is 13.1 Å². The maximum absolute atomic E-state index is 6.28. The first kappa shape index (κ1) is 13.2. The molecule has 1 saturated carbocycles. The molecule has 0 heterocycles. The number of hydrogen-bond donors (Lipinski definition) is 1. The molecule has 0 aliphatic heterocycles. The van der Waals surface area contributed by atoms with Gasteiger partial charge < -0.3 is 5.32 Å². The number of hydrogen-bond acceptors (Lipinski definition) is 1. The first-order valence-corrected chi connectivity index (χ1v) is 6.99. The van der Waals surface area contributed by atoms with Crippen molar-refractivity contribution in [3.05, 3.63) is 33.8 Å². The third-order valence-electron chi connectivity index (χ3n) is 3.78. The fourth-order valence-electron chi connectivity index (χ4n) is 2.49. The van der Waals surface area contributed by atoms with Crippen LogP contribution in [0, 0.1) is 5.92 Å². The minimum Gasteiger partial charge on any atom is -0.316 e. The topological polar surface area (TPSA) is 12.0 Å². The van der Waals surface area contributed by atoms with Crippen LogP contribution in [0.25, 0.3) is 0 Å². The Morgan fingerprint density at radius 2 is 2.18 bits per heavy atom. The van der Waals surface area contributed by atoms with E-state index in [2.05, 4.69) is 25.2 Å². The minimum atomic E-state index is 0.239. The lowest BCUT2D eigenvalue weighted by molar-refractivity contribution is 0.575. The molecule has 94 valence electrons. The van der Waals surface area contributed by atoms with Crippen LogP contribution in [0.15, 0.2) is 18.2 Å². The van der Waals surface area contributed by atoms with E-state index in [0.717, 1.165) is 18.1 Å². The van der Waals surface area contributed by atoms with Crippen molar-refractivity contribution in [2.45, 2.75) is 32.1 Å². The molecule has 0 amide bonds. The van der Waals surface area contributed by atoms with Crippen LogP contribution in [0.5, 0.6) is 0 Å². The van der Waals surface area contributed by atoms with Crippen molar-refractivity contribution in [2.24, 2.45) is 5.92 Å². The van der Waals surface area contributed by atoms with Gasteiger partial charge >= 0.3 is 0 Å². The largest absolute Gasteiger partial charge is 0.316 e. The smallest absolute Gasteiger partial charge is 0.0458 e. The number of halogens is 2. The molecule has 1 fully saturated rings. The zero-order valence-corrected chi connectivity index (χ0v) is 11.9. The molecule has 1 N–H and O–H groups in total. The SMILES string of the molecule is CCCNCC1CC1(C)c1ccc(Cl)cc1Cl. The number of rotatable bonds is 5. The Hall–Kier alpha value is -0.240.